The van der Waals surface area contributed by atoms with Gasteiger partial charge in [-0.1, -0.05) is 0 Å². The maximum absolute atomic E-state index is 11.9. The SMILES string of the molecule is CCOC(=O)c1cnc(N(C)Cc2cc3nc(-c4cnc(C)nc4)nc(N4CCOCC4)c3s2)nc1. The zero-order valence-corrected chi connectivity index (χ0v) is 21.2. The first-order valence-corrected chi connectivity index (χ1v) is 12.5. The molecule has 0 aliphatic carbocycles. The second-order valence-electron chi connectivity index (χ2n) is 8.26. The summed E-state index contributed by atoms with van der Waals surface area (Å²) in [5, 5.41) is 0. The lowest BCUT2D eigenvalue weighted by Crippen LogP contribution is -2.36. The molecule has 4 aromatic heterocycles. The van der Waals surface area contributed by atoms with E-state index < -0.39 is 5.97 Å². The van der Waals surface area contributed by atoms with E-state index in [0.717, 1.165) is 39.6 Å². The number of esters is 1. The lowest BCUT2D eigenvalue weighted by molar-refractivity contribution is 0.0525. The molecule has 1 aliphatic heterocycles. The van der Waals surface area contributed by atoms with Crippen molar-refractivity contribution in [1.82, 2.24) is 29.9 Å². The van der Waals surface area contributed by atoms with Crippen LogP contribution in [-0.2, 0) is 16.0 Å². The molecule has 0 N–H and O–H groups in total. The van der Waals surface area contributed by atoms with E-state index in [0.29, 0.717) is 49.5 Å². The highest BCUT2D eigenvalue weighted by Gasteiger charge is 2.21. The van der Waals surface area contributed by atoms with Crippen molar-refractivity contribution < 1.29 is 14.3 Å². The molecule has 0 unspecified atom stereocenters. The number of rotatable bonds is 7. The second kappa shape index (κ2) is 10.5. The van der Waals surface area contributed by atoms with Crippen molar-refractivity contribution in [2.75, 3.05) is 49.8 Å². The van der Waals surface area contributed by atoms with Gasteiger partial charge < -0.3 is 19.3 Å². The zero-order chi connectivity index (χ0) is 25.1. The van der Waals surface area contributed by atoms with Crippen molar-refractivity contribution in [1.29, 1.82) is 0 Å². The fourth-order valence-electron chi connectivity index (χ4n) is 3.81. The van der Waals surface area contributed by atoms with Crippen molar-refractivity contribution >= 4 is 39.3 Å². The van der Waals surface area contributed by atoms with Gasteiger partial charge >= 0.3 is 5.97 Å². The number of hydrogen-bond acceptors (Lipinski definition) is 12. The molecule has 0 atom stereocenters. The van der Waals surface area contributed by atoms with Crippen LogP contribution in [0.5, 0.6) is 0 Å². The smallest absolute Gasteiger partial charge is 0.341 e. The summed E-state index contributed by atoms with van der Waals surface area (Å²) in [6.45, 7) is 7.35. The van der Waals surface area contributed by atoms with Crippen LogP contribution in [0.1, 0.15) is 28.0 Å². The summed E-state index contributed by atoms with van der Waals surface area (Å²) in [5.74, 6) is 2.27. The fraction of sp³-hybridized carbons (Fsp3) is 0.375. The quantitative estimate of drug-likeness (QED) is 0.344. The Hall–Kier alpha value is -3.77. The van der Waals surface area contributed by atoms with Crippen LogP contribution >= 0.6 is 11.3 Å². The molecule has 0 aromatic carbocycles. The number of morpholine rings is 1. The van der Waals surface area contributed by atoms with E-state index in [1.807, 2.05) is 18.9 Å². The summed E-state index contributed by atoms with van der Waals surface area (Å²) in [7, 11) is 1.91. The summed E-state index contributed by atoms with van der Waals surface area (Å²) in [6, 6.07) is 2.08. The molecule has 0 bridgehead atoms. The highest BCUT2D eigenvalue weighted by atomic mass is 32.1. The van der Waals surface area contributed by atoms with Crippen LogP contribution in [0.3, 0.4) is 0 Å². The molecule has 0 saturated carbocycles. The van der Waals surface area contributed by atoms with Crippen LogP contribution in [0.15, 0.2) is 30.9 Å². The Morgan fingerprint density at radius 1 is 1.11 bits per heavy atom. The number of carbonyl (C=O) groups excluding carboxylic acids is 1. The molecule has 0 amide bonds. The van der Waals surface area contributed by atoms with Gasteiger partial charge in [0.25, 0.3) is 0 Å². The van der Waals surface area contributed by atoms with Crippen LogP contribution in [0.2, 0.25) is 0 Å². The first kappa shape index (κ1) is 23.9. The standard InChI is InChI=1S/C24H26N8O3S/c1-4-35-23(33)17-12-27-24(28-13-17)31(3)14-18-9-19-20(36-18)22(32-5-7-34-8-6-32)30-21(29-19)16-10-25-15(2)26-11-16/h9-13H,4-8,14H2,1-3H3. The van der Waals surface area contributed by atoms with Crippen LogP contribution in [0.25, 0.3) is 21.6 Å². The maximum atomic E-state index is 11.9. The molecule has 1 fully saturated rings. The summed E-state index contributed by atoms with van der Waals surface area (Å²) in [6.07, 6.45) is 6.48. The lowest BCUT2D eigenvalue weighted by atomic mass is 10.3. The summed E-state index contributed by atoms with van der Waals surface area (Å²) < 4.78 is 11.6. The molecule has 0 radical (unpaired) electrons. The molecular weight excluding hydrogens is 480 g/mol. The number of fused-ring (bicyclic) bond motifs is 1. The van der Waals surface area contributed by atoms with Crippen LogP contribution < -0.4 is 9.80 Å². The molecule has 12 heteroatoms. The molecule has 1 aliphatic rings. The van der Waals surface area contributed by atoms with E-state index in [4.69, 9.17) is 19.4 Å². The lowest BCUT2D eigenvalue weighted by Gasteiger charge is -2.28. The largest absolute Gasteiger partial charge is 0.462 e. The molecule has 0 spiro atoms. The van der Waals surface area contributed by atoms with Crippen molar-refractivity contribution in [3.8, 4) is 11.4 Å². The zero-order valence-electron chi connectivity index (χ0n) is 20.3. The molecule has 36 heavy (non-hydrogen) atoms. The summed E-state index contributed by atoms with van der Waals surface area (Å²) in [5.41, 5.74) is 1.97. The first-order chi connectivity index (χ1) is 17.5. The van der Waals surface area contributed by atoms with Crippen LogP contribution in [-0.4, -0.2) is 75.8 Å². The number of aromatic nitrogens is 6. The molecular formula is C24H26N8O3S. The minimum absolute atomic E-state index is 0.306. The molecule has 186 valence electrons. The van der Waals surface area contributed by atoms with E-state index >= 15 is 0 Å². The van der Waals surface area contributed by atoms with Gasteiger partial charge in [-0.15, -0.1) is 11.3 Å². The van der Waals surface area contributed by atoms with Crippen molar-refractivity contribution in [3.05, 3.63) is 47.1 Å². The highest BCUT2D eigenvalue weighted by molar-refractivity contribution is 7.19. The number of hydrogen-bond donors (Lipinski definition) is 0. The topological polar surface area (TPSA) is 119 Å². The van der Waals surface area contributed by atoms with Gasteiger partial charge in [-0.2, -0.15) is 0 Å². The van der Waals surface area contributed by atoms with Gasteiger partial charge in [0.15, 0.2) is 11.6 Å². The minimum atomic E-state index is -0.430. The summed E-state index contributed by atoms with van der Waals surface area (Å²) >= 11 is 1.65. The minimum Gasteiger partial charge on any atom is -0.462 e. The average Bonchev–Trinajstić information content (AvgIpc) is 3.31. The Morgan fingerprint density at radius 2 is 1.83 bits per heavy atom. The van der Waals surface area contributed by atoms with E-state index in [-0.39, 0.29) is 0 Å². The van der Waals surface area contributed by atoms with Crippen molar-refractivity contribution in [2.45, 2.75) is 20.4 Å². The Bertz CT molecular complexity index is 1350. The van der Waals surface area contributed by atoms with Gasteiger partial charge in [-0.05, 0) is 19.9 Å². The third-order valence-corrected chi connectivity index (χ3v) is 6.74. The Labute approximate surface area is 212 Å². The fourth-order valence-corrected chi connectivity index (χ4v) is 4.98. The van der Waals surface area contributed by atoms with Gasteiger partial charge in [0.2, 0.25) is 5.95 Å². The molecule has 11 nitrogen and oxygen atoms in total. The van der Waals surface area contributed by atoms with Gasteiger partial charge in [0.1, 0.15) is 5.82 Å². The van der Waals surface area contributed by atoms with E-state index in [1.54, 1.807) is 30.7 Å². The van der Waals surface area contributed by atoms with Gasteiger partial charge in [-0.25, -0.2) is 34.7 Å². The maximum Gasteiger partial charge on any atom is 0.341 e. The number of carbonyl (C=O) groups is 1. The van der Waals surface area contributed by atoms with Crippen LogP contribution in [0, 0.1) is 6.92 Å². The molecule has 4 aromatic rings. The monoisotopic (exact) mass is 506 g/mol. The van der Waals surface area contributed by atoms with E-state index in [1.165, 1.54) is 12.4 Å². The Morgan fingerprint density at radius 3 is 2.53 bits per heavy atom. The third kappa shape index (κ3) is 5.09. The first-order valence-electron chi connectivity index (χ1n) is 11.6. The Kier molecular flexibility index (Phi) is 6.96. The van der Waals surface area contributed by atoms with Crippen LogP contribution in [0.4, 0.5) is 11.8 Å². The van der Waals surface area contributed by atoms with Crippen molar-refractivity contribution in [3.63, 3.8) is 0 Å². The predicted molar refractivity (Wildman–Crippen MR) is 136 cm³/mol. The average molecular weight is 507 g/mol. The second-order valence-corrected chi connectivity index (χ2v) is 9.40. The Balaban J connectivity index is 1.45. The molecule has 1 saturated heterocycles. The molecule has 5 rings (SSSR count). The number of ether oxygens (including phenoxy) is 2. The van der Waals surface area contributed by atoms with Gasteiger partial charge in [0.05, 0.1) is 47.7 Å². The normalized spacial score (nSPS) is 13.7. The number of anilines is 2. The van der Waals surface area contributed by atoms with Gasteiger partial charge in [0, 0.05) is 49.8 Å². The molecule has 5 heterocycles. The third-order valence-electron chi connectivity index (χ3n) is 5.64. The van der Waals surface area contributed by atoms with Crippen molar-refractivity contribution in [2.24, 2.45) is 0 Å². The highest BCUT2D eigenvalue weighted by Crippen LogP contribution is 2.35. The number of nitrogens with zero attached hydrogens (tertiary/aromatic N) is 8. The number of thiophene rings is 1. The summed E-state index contributed by atoms with van der Waals surface area (Å²) in [4.78, 5) is 44.2. The van der Waals surface area contributed by atoms with E-state index in [9.17, 15) is 4.79 Å². The van der Waals surface area contributed by atoms with Gasteiger partial charge in [-0.3, -0.25) is 0 Å². The van der Waals surface area contributed by atoms with E-state index in [2.05, 4.69) is 30.9 Å². The predicted octanol–water partition coefficient (Wildman–Crippen LogP) is 2.90. The number of aryl methyl sites for hydroxylation is 1.